The summed E-state index contributed by atoms with van der Waals surface area (Å²) >= 11 is 0. The Balaban J connectivity index is 2.38. The third kappa shape index (κ3) is 2.96. The van der Waals surface area contributed by atoms with Gasteiger partial charge >= 0.3 is 0 Å². The highest BCUT2D eigenvalue weighted by molar-refractivity contribution is 7.89. The predicted octanol–water partition coefficient (Wildman–Crippen LogP) is 1.54. The van der Waals surface area contributed by atoms with Crippen LogP contribution in [0, 0.1) is 13.8 Å². The Kier molecular flexibility index (Phi) is 4.39. The highest BCUT2D eigenvalue weighted by Gasteiger charge is 2.40. The van der Waals surface area contributed by atoms with Gasteiger partial charge in [-0.25, -0.2) is 8.42 Å². The van der Waals surface area contributed by atoms with Gasteiger partial charge in [0.1, 0.15) is 6.04 Å². The molecule has 0 spiro atoms. The lowest BCUT2D eigenvalue weighted by atomic mass is 10.1. The molecule has 0 saturated carbocycles. The van der Waals surface area contributed by atoms with Gasteiger partial charge in [0.15, 0.2) is 0 Å². The predicted molar refractivity (Wildman–Crippen MR) is 81.5 cm³/mol. The topological polar surface area (TPSA) is 57.7 Å². The number of carbonyl (C=O) groups excluding carboxylic acids is 1. The lowest BCUT2D eigenvalue weighted by molar-refractivity contribution is -0.132. The van der Waals surface area contributed by atoms with Crippen molar-refractivity contribution in [2.75, 3.05) is 20.6 Å². The molecule has 1 aromatic carbocycles. The van der Waals surface area contributed by atoms with E-state index in [-0.39, 0.29) is 10.8 Å². The van der Waals surface area contributed by atoms with Crippen LogP contribution in [0.15, 0.2) is 23.1 Å². The second kappa shape index (κ2) is 5.77. The summed E-state index contributed by atoms with van der Waals surface area (Å²) in [7, 11) is -0.311. The minimum absolute atomic E-state index is 0.153. The molecule has 0 aromatic heterocycles. The zero-order valence-corrected chi connectivity index (χ0v) is 13.8. The van der Waals surface area contributed by atoms with Crippen LogP contribution in [-0.2, 0) is 14.8 Å². The van der Waals surface area contributed by atoms with Gasteiger partial charge in [-0.05, 0) is 49.9 Å². The molecule has 1 fully saturated rings. The van der Waals surface area contributed by atoms with E-state index in [4.69, 9.17) is 0 Å². The smallest absolute Gasteiger partial charge is 0.243 e. The Bertz CT molecular complexity index is 653. The molecule has 1 saturated heterocycles. The molecule has 6 heteroatoms. The maximum atomic E-state index is 12.8. The van der Waals surface area contributed by atoms with Gasteiger partial charge < -0.3 is 4.90 Å². The summed E-state index contributed by atoms with van der Waals surface area (Å²) in [4.78, 5) is 13.9. The fourth-order valence-corrected chi connectivity index (χ4v) is 4.32. The number of sulfonamides is 1. The second-order valence-electron chi connectivity index (χ2n) is 5.75. The van der Waals surface area contributed by atoms with Gasteiger partial charge in [-0.3, -0.25) is 4.79 Å². The first-order chi connectivity index (χ1) is 9.75. The largest absolute Gasteiger partial charge is 0.347 e. The molecular formula is C15H22N2O3S. The molecule has 0 N–H and O–H groups in total. The number of amides is 1. The molecule has 0 aliphatic carbocycles. The first-order valence-electron chi connectivity index (χ1n) is 7.05. The Morgan fingerprint density at radius 3 is 2.48 bits per heavy atom. The van der Waals surface area contributed by atoms with Crippen molar-refractivity contribution in [2.24, 2.45) is 0 Å². The Morgan fingerprint density at radius 2 is 1.90 bits per heavy atom. The number of hydrogen-bond acceptors (Lipinski definition) is 3. The molecule has 1 aliphatic heterocycles. The van der Waals surface area contributed by atoms with Gasteiger partial charge in [-0.15, -0.1) is 0 Å². The maximum Gasteiger partial charge on any atom is 0.243 e. The molecular weight excluding hydrogens is 288 g/mol. The van der Waals surface area contributed by atoms with E-state index in [1.165, 1.54) is 9.21 Å². The van der Waals surface area contributed by atoms with Crippen molar-refractivity contribution in [1.29, 1.82) is 0 Å². The van der Waals surface area contributed by atoms with Gasteiger partial charge in [0.05, 0.1) is 4.90 Å². The zero-order chi connectivity index (χ0) is 15.8. The molecule has 2 rings (SSSR count). The first-order valence-corrected chi connectivity index (χ1v) is 8.49. The third-order valence-corrected chi connectivity index (χ3v) is 5.92. The molecule has 21 heavy (non-hydrogen) atoms. The fraction of sp³-hybridized carbons (Fsp3) is 0.533. The van der Waals surface area contributed by atoms with E-state index >= 15 is 0 Å². The number of aryl methyl sites for hydroxylation is 2. The van der Waals surface area contributed by atoms with Gasteiger partial charge in [0.25, 0.3) is 0 Å². The number of likely N-dealkylation sites (N-methyl/N-ethyl adjacent to an activating group) is 1. The molecule has 116 valence electrons. The SMILES string of the molecule is Cc1ccc(S(=O)(=O)N2CCCC2C(=O)N(C)C)cc1C. The van der Waals surface area contributed by atoms with Crippen LogP contribution in [0.2, 0.25) is 0 Å². The third-order valence-electron chi connectivity index (χ3n) is 4.01. The average molecular weight is 310 g/mol. The van der Waals surface area contributed by atoms with Crippen molar-refractivity contribution in [3.8, 4) is 0 Å². The molecule has 0 bridgehead atoms. The number of carbonyl (C=O) groups is 1. The normalized spacial score (nSPS) is 19.7. The lowest BCUT2D eigenvalue weighted by Crippen LogP contribution is -2.45. The van der Waals surface area contributed by atoms with Crippen molar-refractivity contribution < 1.29 is 13.2 Å². The van der Waals surface area contributed by atoms with E-state index in [0.29, 0.717) is 19.4 Å². The van der Waals surface area contributed by atoms with Gasteiger partial charge in [-0.1, -0.05) is 6.07 Å². The van der Waals surface area contributed by atoms with E-state index in [1.807, 2.05) is 13.8 Å². The summed E-state index contributed by atoms with van der Waals surface area (Å²) in [6.45, 7) is 4.24. The standard InChI is InChI=1S/C15H22N2O3S/c1-11-7-8-13(10-12(11)2)21(19,20)17-9-5-6-14(17)15(18)16(3)4/h7-8,10,14H,5-6,9H2,1-4H3. The number of nitrogens with zero attached hydrogens (tertiary/aromatic N) is 2. The summed E-state index contributed by atoms with van der Waals surface area (Å²) in [5, 5.41) is 0. The molecule has 1 aliphatic rings. The van der Waals surface area contributed by atoms with Crippen LogP contribution in [-0.4, -0.2) is 50.2 Å². The summed E-state index contributed by atoms with van der Waals surface area (Å²) in [6.07, 6.45) is 1.30. The van der Waals surface area contributed by atoms with Crippen LogP contribution in [0.25, 0.3) is 0 Å². The van der Waals surface area contributed by atoms with Crippen LogP contribution < -0.4 is 0 Å². The van der Waals surface area contributed by atoms with Crippen molar-refractivity contribution in [3.05, 3.63) is 29.3 Å². The molecule has 1 atom stereocenters. The summed E-state index contributed by atoms with van der Waals surface area (Å²) in [5.74, 6) is -0.153. The summed E-state index contributed by atoms with van der Waals surface area (Å²) in [5.41, 5.74) is 1.99. The molecule has 5 nitrogen and oxygen atoms in total. The van der Waals surface area contributed by atoms with Crippen LogP contribution in [0.1, 0.15) is 24.0 Å². The zero-order valence-electron chi connectivity index (χ0n) is 13.0. The van der Waals surface area contributed by atoms with E-state index in [2.05, 4.69) is 0 Å². The van der Waals surface area contributed by atoms with Crippen molar-refractivity contribution in [2.45, 2.75) is 37.6 Å². The molecule has 1 aromatic rings. The molecule has 1 amide bonds. The summed E-state index contributed by atoms with van der Waals surface area (Å²) < 4.78 is 26.9. The van der Waals surface area contributed by atoms with E-state index in [1.54, 1.807) is 32.3 Å². The first kappa shape index (κ1) is 16.0. The van der Waals surface area contributed by atoms with Crippen LogP contribution in [0.3, 0.4) is 0 Å². The number of rotatable bonds is 3. The molecule has 1 unspecified atom stereocenters. The van der Waals surface area contributed by atoms with Crippen LogP contribution in [0.4, 0.5) is 0 Å². The fourth-order valence-electron chi connectivity index (χ4n) is 2.58. The quantitative estimate of drug-likeness (QED) is 0.851. The minimum Gasteiger partial charge on any atom is -0.347 e. The highest BCUT2D eigenvalue weighted by atomic mass is 32.2. The van der Waals surface area contributed by atoms with E-state index in [0.717, 1.165) is 11.1 Å². The van der Waals surface area contributed by atoms with Gasteiger partial charge in [0.2, 0.25) is 15.9 Å². The average Bonchev–Trinajstić information content (AvgIpc) is 2.90. The van der Waals surface area contributed by atoms with Crippen molar-refractivity contribution in [1.82, 2.24) is 9.21 Å². The highest BCUT2D eigenvalue weighted by Crippen LogP contribution is 2.27. The summed E-state index contributed by atoms with van der Waals surface area (Å²) in [6, 6.07) is 4.53. The van der Waals surface area contributed by atoms with Gasteiger partial charge in [-0.2, -0.15) is 4.31 Å². The van der Waals surface area contributed by atoms with Crippen LogP contribution in [0.5, 0.6) is 0 Å². The Hall–Kier alpha value is -1.40. The molecule has 0 radical (unpaired) electrons. The minimum atomic E-state index is -3.62. The van der Waals surface area contributed by atoms with E-state index in [9.17, 15) is 13.2 Å². The van der Waals surface area contributed by atoms with Crippen molar-refractivity contribution in [3.63, 3.8) is 0 Å². The Labute approximate surface area is 126 Å². The maximum absolute atomic E-state index is 12.8. The monoisotopic (exact) mass is 310 g/mol. The lowest BCUT2D eigenvalue weighted by Gasteiger charge is -2.25. The number of benzene rings is 1. The van der Waals surface area contributed by atoms with Crippen molar-refractivity contribution >= 4 is 15.9 Å². The number of hydrogen-bond donors (Lipinski definition) is 0. The van der Waals surface area contributed by atoms with Gasteiger partial charge in [0, 0.05) is 20.6 Å². The molecule has 1 heterocycles. The second-order valence-corrected chi connectivity index (χ2v) is 7.64. The Morgan fingerprint density at radius 1 is 1.24 bits per heavy atom. The van der Waals surface area contributed by atoms with E-state index < -0.39 is 16.1 Å². The van der Waals surface area contributed by atoms with Crippen LogP contribution >= 0.6 is 0 Å².